The molecule has 1 heterocycles. The highest BCUT2D eigenvalue weighted by molar-refractivity contribution is 6.60. The first-order valence-electron chi connectivity index (χ1n) is 13.0. The number of benzene rings is 1. The lowest BCUT2D eigenvalue weighted by atomic mass is 10.1. The number of hydrogen-bond acceptors (Lipinski definition) is 10. The minimum Gasteiger partial charge on any atom is -0.464 e. The average Bonchev–Trinajstić information content (AvgIpc) is 2.91. The summed E-state index contributed by atoms with van der Waals surface area (Å²) >= 11 is 0. The molecule has 0 aliphatic rings. The first-order chi connectivity index (χ1) is 18.8. The molecule has 0 aliphatic heterocycles. The Morgan fingerprint density at radius 2 is 1.59 bits per heavy atom. The van der Waals surface area contributed by atoms with Crippen molar-refractivity contribution in [2.45, 2.75) is 59.0 Å². The number of ether oxygens (including phenoxy) is 3. The normalized spacial score (nSPS) is 11.3. The van der Waals surface area contributed by atoms with Gasteiger partial charge in [-0.25, -0.2) is 9.59 Å². The molecule has 13 heteroatoms. The number of carbonyl (C=O) groups is 2. The highest BCUT2D eigenvalue weighted by Gasteiger charge is 2.39. The van der Waals surface area contributed by atoms with E-state index in [0.29, 0.717) is 38.7 Å². The van der Waals surface area contributed by atoms with Crippen molar-refractivity contribution in [3.05, 3.63) is 62.3 Å². The Bertz CT molecular complexity index is 1150. The van der Waals surface area contributed by atoms with E-state index in [1.807, 2.05) is 26.8 Å². The van der Waals surface area contributed by atoms with E-state index in [1.165, 1.54) is 0 Å². The summed E-state index contributed by atoms with van der Waals surface area (Å²) in [5.41, 5.74) is -0.653. The topological polar surface area (TPSA) is 144 Å². The summed E-state index contributed by atoms with van der Waals surface area (Å²) in [4.78, 5) is 52.1. The highest BCUT2D eigenvalue weighted by atomic mass is 28.4. The van der Waals surface area contributed by atoms with Crippen LogP contribution >= 0.6 is 0 Å². The van der Waals surface area contributed by atoms with Gasteiger partial charge in [-0.05, 0) is 39.2 Å². The second-order valence-electron chi connectivity index (χ2n) is 8.32. The Morgan fingerprint density at radius 3 is 2.18 bits per heavy atom. The lowest BCUT2D eigenvalue weighted by Gasteiger charge is -2.28. The predicted molar refractivity (Wildman–Crippen MR) is 144 cm³/mol. The molecule has 0 amide bonds. The molecule has 39 heavy (non-hydrogen) atoms. The largest absolute Gasteiger partial charge is 0.514 e. The average molecular weight is 567 g/mol. The number of rotatable bonds is 17. The van der Waals surface area contributed by atoms with Gasteiger partial charge in [0.25, 0.3) is 5.56 Å². The molecule has 0 saturated heterocycles. The molecule has 0 aliphatic carbocycles. The molecule has 0 fully saturated rings. The lowest BCUT2D eigenvalue weighted by molar-refractivity contribution is -0.144. The maximum absolute atomic E-state index is 13.2. The van der Waals surface area contributed by atoms with Crippen molar-refractivity contribution in [1.82, 2.24) is 9.55 Å². The van der Waals surface area contributed by atoms with Crippen LogP contribution in [0.25, 0.3) is 0 Å². The number of aromatic nitrogens is 2. The third kappa shape index (κ3) is 10.1. The fourth-order valence-electron chi connectivity index (χ4n) is 3.90. The summed E-state index contributed by atoms with van der Waals surface area (Å²) in [7, 11) is -1.66. The maximum atomic E-state index is 13.2. The number of nitrogens with zero attached hydrogens (tertiary/aromatic N) is 1. The predicted octanol–water partition coefficient (Wildman–Crippen LogP) is 3.03. The Labute approximate surface area is 228 Å². The number of aromatic amines is 1. The van der Waals surface area contributed by atoms with Gasteiger partial charge in [-0.3, -0.25) is 19.1 Å². The van der Waals surface area contributed by atoms with Crippen LogP contribution in [-0.2, 0) is 40.5 Å². The minimum atomic E-state index is -2.77. The smallest absolute Gasteiger partial charge is 0.464 e. The zero-order valence-corrected chi connectivity index (χ0v) is 24.0. The summed E-state index contributed by atoms with van der Waals surface area (Å²) in [5.74, 6) is -0.745. The summed E-state index contributed by atoms with van der Waals surface area (Å²) in [6, 6.07) is 9.60. The van der Waals surface area contributed by atoms with Gasteiger partial charge in [0.2, 0.25) is 5.88 Å². The fraction of sp³-hybridized carbons (Fsp3) is 0.538. The lowest BCUT2D eigenvalue weighted by Crippen LogP contribution is -2.45. The van der Waals surface area contributed by atoms with Gasteiger partial charge in [0.1, 0.15) is 6.61 Å². The third-order valence-corrected chi connectivity index (χ3v) is 8.75. The monoisotopic (exact) mass is 566 g/mol. The SMILES string of the molecule is CCO[Si](CCCCC(=O)OCCn1c(=O)[nH]c(OC(=O)OC)c(Cc2ccccc2)c1=O)(OCC)OCC. The molecule has 0 unspecified atom stereocenters. The zero-order valence-electron chi connectivity index (χ0n) is 23.0. The van der Waals surface area contributed by atoms with Gasteiger partial charge in [0.05, 0.1) is 19.2 Å². The van der Waals surface area contributed by atoms with Crippen LogP contribution in [0.5, 0.6) is 5.88 Å². The van der Waals surface area contributed by atoms with Crippen molar-refractivity contribution in [3.8, 4) is 5.88 Å². The van der Waals surface area contributed by atoms with Gasteiger partial charge in [-0.2, -0.15) is 0 Å². The molecule has 1 aromatic carbocycles. The Hall–Kier alpha value is -3.26. The van der Waals surface area contributed by atoms with E-state index in [2.05, 4.69) is 9.72 Å². The summed E-state index contributed by atoms with van der Waals surface area (Å²) < 4.78 is 33.1. The Morgan fingerprint density at radius 1 is 0.949 bits per heavy atom. The van der Waals surface area contributed by atoms with Crippen LogP contribution in [0.4, 0.5) is 4.79 Å². The van der Waals surface area contributed by atoms with E-state index in [4.69, 9.17) is 22.8 Å². The zero-order chi connectivity index (χ0) is 28.7. The summed E-state index contributed by atoms with van der Waals surface area (Å²) in [5, 5.41) is 0. The molecule has 12 nitrogen and oxygen atoms in total. The van der Waals surface area contributed by atoms with E-state index in [1.54, 1.807) is 24.3 Å². The molecular weight excluding hydrogens is 528 g/mol. The quantitative estimate of drug-likeness (QED) is 0.172. The number of hydrogen-bond donors (Lipinski definition) is 1. The van der Waals surface area contributed by atoms with Crippen molar-refractivity contribution in [3.63, 3.8) is 0 Å². The number of unbranched alkanes of at least 4 members (excludes halogenated alkanes) is 1. The van der Waals surface area contributed by atoms with Gasteiger partial charge in [0.15, 0.2) is 0 Å². The van der Waals surface area contributed by atoms with Gasteiger partial charge in [-0.1, -0.05) is 30.3 Å². The third-order valence-electron chi connectivity index (χ3n) is 5.60. The standard InChI is InChI=1S/C26H38N2O10Si/c1-5-35-39(36-6-2,37-7-3)18-12-11-15-22(29)34-17-16-28-24(30)21(19-20-13-9-8-10-14-20)23(27-25(28)31)38-26(32)33-4/h8-10,13-14H,5-7,11-12,15-19H2,1-4H3,(H,27,31). The molecule has 0 bridgehead atoms. The first-order valence-corrected chi connectivity index (χ1v) is 14.9. The molecule has 0 spiro atoms. The van der Waals surface area contributed by atoms with Crippen LogP contribution in [-0.4, -0.2) is 64.0 Å². The van der Waals surface area contributed by atoms with Crippen molar-refractivity contribution < 1.29 is 37.1 Å². The number of methoxy groups -OCH3 is 1. The molecule has 1 aromatic heterocycles. The van der Waals surface area contributed by atoms with Crippen molar-refractivity contribution in [2.24, 2.45) is 0 Å². The molecule has 0 saturated carbocycles. The van der Waals surface area contributed by atoms with Crippen LogP contribution in [0.3, 0.4) is 0 Å². The number of nitrogens with one attached hydrogen (secondary N) is 1. The molecule has 2 rings (SSSR count). The highest BCUT2D eigenvalue weighted by Crippen LogP contribution is 2.20. The van der Waals surface area contributed by atoms with Crippen molar-refractivity contribution in [2.75, 3.05) is 33.5 Å². The van der Waals surface area contributed by atoms with Crippen LogP contribution in [0.1, 0.15) is 51.2 Å². The number of H-pyrrole nitrogens is 1. The molecule has 2 aromatic rings. The Kier molecular flexibility index (Phi) is 13.6. The van der Waals surface area contributed by atoms with Gasteiger partial charge in [0, 0.05) is 38.7 Å². The molecular formula is C26H38N2O10Si. The second kappa shape index (κ2) is 16.6. The Balaban J connectivity index is 2.00. The minimum absolute atomic E-state index is 0.0584. The summed E-state index contributed by atoms with van der Waals surface area (Å²) in [6.45, 7) is 6.75. The summed E-state index contributed by atoms with van der Waals surface area (Å²) in [6.07, 6.45) is 0.381. The van der Waals surface area contributed by atoms with Crippen LogP contribution in [0, 0.1) is 0 Å². The van der Waals surface area contributed by atoms with Crippen LogP contribution in [0.2, 0.25) is 6.04 Å². The first kappa shape index (κ1) is 32.0. The number of esters is 1. The van der Waals surface area contributed by atoms with Crippen molar-refractivity contribution >= 4 is 20.9 Å². The van der Waals surface area contributed by atoms with E-state index in [0.717, 1.165) is 17.2 Å². The maximum Gasteiger partial charge on any atom is 0.514 e. The van der Waals surface area contributed by atoms with Crippen molar-refractivity contribution in [1.29, 1.82) is 0 Å². The van der Waals surface area contributed by atoms with E-state index in [9.17, 15) is 19.2 Å². The molecule has 0 radical (unpaired) electrons. The van der Waals surface area contributed by atoms with E-state index < -0.39 is 32.2 Å². The molecule has 1 N–H and O–H groups in total. The number of carbonyl (C=O) groups excluding carboxylic acids is 2. The second-order valence-corrected chi connectivity index (χ2v) is 11.1. The van der Waals surface area contributed by atoms with Crippen LogP contribution in [0.15, 0.2) is 39.9 Å². The van der Waals surface area contributed by atoms with E-state index >= 15 is 0 Å². The van der Waals surface area contributed by atoms with Gasteiger partial charge < -0.3 is 27.5 Å². The molecule has 0 atom stereocenters. The fourth-order valence-corrected chi connectivity index (χ4v) is 6.58. The van der Waals surface area contributed by atoms with Crippen LogP contribution < -0.4 is 16.0 Å². The molecule has 216 valence electrons. The van der Waals surface area contributed by atoms with E-state index in [-0.39, 0.29) is 37.4 Å². The van der Waals surface area contributed by atoms with Gasteiger partial charge >= 0.3 is 26.6 Å². The van der Waals surface area contributed by atoms with Gasteiger partial charge in [-0.15, -0.1) is 0 Å².